The summed E-state index contributed by atoms with van der Waals surface area (Å²) in [6.45, 7) is 2.74. The Balaban J connectivity index is 1.33. The molecule has 4 rings (SSSR count). The molecule has 0 radical (unpaired) electrons. The van der Waals surface area contributed by atoms with Crippen LogP contribution in [0.4, 0.5) is 0 Å². The summed E-state index contributed by atoms with van der Waals surface area (Å²) in [5, 5.41) is 0. The van der Waals surface area contributed by atoms with Gasteiger partial charge in [-0.2, -0.15) is 0 Å². The number of esters is 1. The van der Waals surface area contributed by atoms with E-state index in [1.165, 1.54) is 0 Å². The van der Waals surface area contributed by atoms with Crippen LogP contribution in [-0.4, -0.2) is 48.9 Å². The van der Waals surface area contributed by atoms with Crippen LogP contribution in [0.25, 0.3) is 0 Å². The average molecular weight is 409 g/mol. The summed E-state index contributed by atoms with van der Waals surface area (Å²) < 4.78 is 16.1. The van der Waals surface area contributed by atoms with Crippen molar-refractivity contribution < 1.29 is 28.6 Å². The van der Waals surface area contributed by atoms with Crippen molar-refractivity contribution in [2.45, 2.75) is 19.4 Å². The highest BCUT2D eigenvalue weighted by atomic mass is 16.6. The Morgan fingerprint density at radius 1 is 1.10 bits per heavy atom. The minimum absolute atomic E-state index is 0.0912. The molecule has 0 saturated carbocycles. The highest BCUT2D eigenvalue weighted by Crippen LogP contribution is 2.31. The second kappa shape index (κ2) is 8.57. The van der Waals surface area contributed by atoms with E-state index < -0.39 is 11.9 Å². The SMILES string of the molecule is C[C@H](c1ccccc1)N1C[C@H](C(=O)OCC(=O)c2ccc3c(c2)OCCO3)CC1=O. The molecule has 0 unspecified atom stereocenters. The molecule has 0 N–H and O–H groups in total. The Kier molecular flexibility index (Phi) is 5.70. The number of carbonyl (C=O) groups is 3. The Hall–Kier alpha value is -3.35. The Morgan fingerprint density at radius 2 is 1.83 bits per heavy atom. The lowest BCUT2D eigenvalue weighted by Crippen LogP contribution is -2.30. The first-order valence-electron chi connectivity index (χ1n) is 9.97. The maximum Gasteiger partial charge on any atom is 0.311 e. The molecular weight excluding hydrogens is 386 g/mol. The number of carbonyl (C=O) groups excluding carboxylic acids is 3. The Labute approximate surface area is 174 Å². The van der Waals surface area contributed by atoms with Gasteiger partial charge < -0.3 is 19.1 Å². The minimum Gasteiger partial charge on any atom is -0.486 e. The van der Waals surface area contributed by atoms with E-state index in [1.54, 1.807) is 23.1 Å². The molecule has 7 nitrogen and oxygen atoms in total. The van der Waals surface area contributed by atoms with Gasteiger partial charge in [-0.25, -0.2) is 0 Å². The molecule has 0 spiro atoms. The third-order valence-electron chi connectivity index (χ3n) is 5.45. The van der Waals surface area contributed by atoms with Crippen LogP contribution in [0, 0.1) is 5.92 Å². The van der Waals surface area contributed by atoms with Crippen LogP contribution >= 0.6 is 0 Å². The predicted octanol–water partition coefficient (Wildman–Crippen LogP) is 2.79. The van der Waals surface area contributed by atoms with Gasteiger partial charge in [-0.3, -0.25) is 14.4 Å². The molecule has 0 aromatic heterocycles. The molecule has 156 valence electrons. The molecule has 0 bridgehead atoms. The molecule has 2 heterocycles. The zero-order valence-electron chi connectivity index (χ0n) is 16.7. The van der Waals surface area contributed by atoms with E-state index in [0.29, 0.717) is 30.3 Å². The Morgan fingerprint density at radius 3 is 2.60 bits per heavy atom. The summed E-state index contributed by atoms with van der Waals surface area (Å²) in [6, 6.07) is 14.4. The van der Waals surface area contributed by atoms with Crippen LogP contribution in [0.1, 0.15) is 35.3 Å². The lowest BCUT2D eigenvalue weighted by molar-refractivity contribution is -0.147. The smallest absolute Gasteiger partial charge is 0.311 e. The highest BCUT2D eigenvalue weighted by molar-refractivity contribution is 5.99. The number of hydrogen-bond donors (Lipinski definition) is 0. The molecule has 1 amide bonds. The summed E-state index contributed by atoms with van der Waals surface area (Å²) in [7, 11) is 0. The average Bonchev–Trinajstić information content (AvgIpc) is 3.18. The van der Waals surface area contributed by atoms with Gasteiger partial charge in [0.2, 0.25) is 5.91 Å². The number of fused-ring (bicyclic) bond motifs is 1. The molecule has 1 saturated heterocycles. The molecule has 30 heavy (non-hydrogen) atoms. The number of likely N-dealkylation sites (tertiary alicyclic amines) is 1. The van der Waals surface area contributed by atoms with Crippen LogP contribution in [-0.2, 0) is 14.3 Å². The molecule has 2 aromatic carbocycles. The monoisotopic (exact) mass is 409 g/mol. The van der Waals surface area contributed by atoms with Crippen molar-refractivity contribution >= 4 is 17.7 Å². The molecule has 1 fully saturated rings. The maximum atomic E-state index is 12.5. The van der Waals surface area contributed by atoms with E-state index in [9.17, 15) is 14.4 Å². The van der Waals surface area contributed by atoms with Gasteiger partial charge in [0.15, 0.2) is 23.9 Å². The topological polar surface area (TPSA) is 82.1 Å². The second-order valence-electron chi connectivity index (χ2n) is 7.42. The van der Waals surface area contributed by atoms with Crippen molar-refractivity contribution in [3.05, 3.63) is 59.7 Å². The van der Waals surface area contributed by atoms with Crippen molar-refractivity contribution in [3.63, 3.8) is 0 Å². The molecule has 0 aliphatic carbocycles. The number of amides is 1. The van der Waals surface area contributed by atoms with E-state index in [0.717, 1.165) is 5.56 Å². The first-order chi connectivity index (χ1) is 14.5. The summed E-state index contributed by atoms with van der Waals surface area (Å²) >= 11 is 0. The first-order valence-corrected chi connectivity index (χ1v) is 9.97. The number of benzene rings is 2. The van der Waals surface area contributed by atoms with Gasteiger partial charge in [0.1, 0.15) is 13.2 Å². The van der Waals surface area contributed by atoms with Crippen molar-refractivity contribution in [2.75, 3.05) is 26.4 Å². The van der Waals surface area contributed by atoms with Gasteiger partial charge in [-0.05, 0) is 30.7 Å². The highest BCUT2D eigenvalue weighted by Gasteiger charge is 2.38. The number of ketones is 1. The number of rotatable bonds is 6. The summed E-state index contributed by atoms with van der Waals surface area (Å²) in [5.41, 5.74) is 1.39. The van der Waals surface area contributed by atoms with E-state index >= 15 is 0 Å². The van der Waals surface area contributed by atoms with Gasteiger partial charge in [-0.1, -0.05) is 30.3 Å². The van der Waals surface area contributed by atoms with E-state index in [1.807, 2.05) is 37.3 Å². The normalized spacial score (nSPS) is 18.8. The standard InChI is InChI=1S/C23H23NO6/c1-15(16-5-3-2-4-6-16)24-13-18(12-22(24)26)23(27)30-14-19(25)17-7-8-20-21(11-17)29-10-9-28-20/h2-8,11,15,18H,9-10,12-14H2,1H3/t15-,18-/m1/s1. The third-order valence-corrected chi connectivity index (χ3v) is 5.45. The van der Waals surface area contributed by atoms with Crippen LogP contribution in [0.15, 0.2) is 48.5 Å². The molecule has 2 aromatic rings. The van der Waals surface area contributed by atoms with E-state index in [2.05, 4.69) is 0 Å². The Bertz CT molecular complexity index is 957. The molecule has 2 atom stereocenters. The molecule has 2 aliphatic heterocycles. The van der Waals surface area contributed by atoms with Gasteiger partial charge >= 0.3 is 5.97 Å². The molecule has 2 aliphatic rings. The predicted molar refractivity (Wildman–Crippen MR) is 107 cm³/mol. The van der Waals surface area contributed by atoms with E-state index in [4.69, 9.17) is 14.2 Å². The lowest BCUT2D eigenvalue weighted by atomic mass is 10.1. The van der Waals surface area contributed by atoms with Crippen molar-refractivity contribution in [1.29, 1.82) is 0 Å². The van der Waals surface area contributed by atoms with Gasteiger partial charge in [0.25, 0.3) is 0 Å². The van der Waals surface area contributed by atoms with Crippen LogP contribution in [0.3, 0.4) is 0 Å². The number of Topliss-reactive ketones (excluding diaryl/α,β-unsaturated/α-hetero) is 1. The van der Waals surface area contributed by atoms with E-state index in [-0.39, 0.29) is 37.3 Å². The van der Waals surface area contributed by atoms with Crippen LogP contribution in [0.5, 0.6) is 11.5 Å². The summed E-state index contributed by atoms with van der Waals surface area (Å²) in [5.74, 6) is -0.434. The van der Waals surface area contributed by atoms with Gasteiger partial charge in [0, 0.05) is 18.5 Å². The number of ether oxygens (including phenoxy) is 3. The summed E-state index contributed by atoms with van der Waals surface area (Å²) in [6.07, 6.45) is 0.0915. The first kappa shape index (κ1) is 19.9. The second-order valence-corrected chi connectivity index (χ2v) is 7.42. The maximum absolute atomic E-state index is 12.5. The number of nitrogens with zero attached hydrogens (tertiary/aromatic N) is 1. The van der Waals surface area contributed by atoms with Crippen molar-refractivity contribution in [2.24, 2.45) is 5.92 Å². The fraction of sp³-hybridized carbons (Fsp3) is 0.348. The molecule has 7 heteroatoms. The number of hydrogen-bond acceptors (Lipinski definition) is 6. The fourth-order valence-corrected chi connectivity index (χ4v) is 3.73. The van der Waals surface area contributed by atoms with Gasteiger partial charge in [0.05, 0.1) is 12.0 Å². The zero-order valence-corrected chi connectivity index (χ0v) is 16.7. The van der Waals surface area contributed by atoms with Crippen molar-refractivity contribution in [1.82, 2.24) is 4.90 Å². The third kappa shape index (κ3) is 4.15. The quantitative estimate of drug-likeness (QED) is 0.539. The summed E-state index contributed by atoms with van der Waals surface area (Å²) in [4.78, 5) is 39.0. The zero-order chi connectivity index (χ0) is 21.1. The molecular formula is C23H23NO6. The van der Waals surface area contributed by atoms with Gasteiger partial charge in [-0.15, -0.1) is 0 Å². The van der Waals surface area contributed by atoms with Crippen LogP contribution < -0.4 is 9.47 Å². The lowest BCUT2D eigenvalue weighted by Gasteiger charge is -2.25. The minimum atomic E-state index is -0.572. The largest absolute Gasteiger partial charge is 0.486 e. The van der Waals surface area contributed by atoms with Crippen LogP contribution in [0.2, 0.25) is 0 Å². The fourth-order valence-electron chi connectivity index (χ4n) is 3.73. The van der Waals surface area contributed by atoms with Crippen molar-refractivity contribution in [3.8, 4) is 11.5 Å².